The first-order valence-corrected chi connectivity index (χ1v) is 6.64. The molecule has 0 N–H and O–H groups in total. The fourth-order valence-electron chi connectivity index (χ4n) is 1.75. The van der Waals surface area contributed by atoms with Gasteiger partial charge in [-0.15, -0.1) is 0 Å². The molecule has 0 amide bonds. The summed E-state index contributed by atoms with van der Waals surface area (Å²) in [5, 5.41) is 11.0. The molecule has 0 aliphatic carbocycles. The van der Waals surface area contributed by atoms with Crippen LogP contribution in [0.25, 0.3) is 0 Å². The van der Waals surface area contributed by atoms with Crippen molar-refractivity contribution in [2.75, 3.05) is 0 Å². The van der Waals surface area contributed by atoms with Crippen LogP contribution in [0.4, 0.5) is 5.69 Å². The quantitative estimate of drug-likeness (QED) is 0.458. The van der Waals surface area contributed by atoms with Crippen molar-refractivity contribution < 1.29 is 14.5 Å². The van der Waals surface area contributed by atoms with Crippen LogP contribution in [0.1, 0.15) is 23.7 Å². The van der Waals surface area contributed by atoms with Gasteiger partial charge in [-0.1, -0.05) is 30.7 Å². The third kappa shape index (κ3) is 3.58. The highest BCUT2D eigenvalue weighted by atomic mass is 35.5. The highest BCUT2D eigenvalue weighted by molar-refractivity contribution is 6.32. The van der Waals surface area contributed by atoms with Gasteiger partial charge in [-0.25, -0.2) is 0 Å². The largest absolute Gasteiger partial charge is 0.456 e. The second-order valence-electron chi connectivity index (χ2n) is 4.28. The topological polar surface area (TPSA) is 69.4 Å². The summed E-state index contributed by atoms with van der Waals surface area (Å²) < 4.78 is 5.55. The minimum atomic E-state index is -0.528. The molecule has 0 fully saturated rings. The predicted molar refractivity (Wildman–Crippen MR) is 79.2 cm³/mol. The van der Waals surface area contributed by atoms with E-state index >= 15 is 0 Å². The maximum atomic E-state index is 11.7. The molecule has 0 aliphatic heterocycles. The van der Waals surface area contributed by atoms with Crippen LogP contribution in [0.15, 0.2) is 42.5 Å². The lowest BCUT2D eigenvalue weighted by molar-refractivity contribution is -0.384. The summed E-state index contributed by atoms with van der Waals surface area (Å²) in [5.41, 5.74) is 0.409. The Kier molecular flexibility index (Phi) is 4.55. The van der Waals surface area contributed by atoms with E-state index in [-0.39, 0.29) is 22.2 Å². The van der Waals surface area contributed by atoms with E-state index in [9.17, 15) is 14.9 Å². The Bertz CT molecular complexity index is 700. The van der Waals surface area contributed by atoms with Crippen LogP contribution in [0.5, 0.6) is 11.5 Å². The molecule has 2 rings (SSSR count). The Morgan fingerprint density at radius 2 is 2.05 bits per heavy atom. The first-order valence-electron chi connectivity index (χ1n) is 6.26. The second kappa shape index (κ2) is 6.37. The fraction of sp³-hybridized carbons (Fsp3) is 0.133. The maximum Gasteiger partial charge on any atom is 0.273 e. The average Bonchev–Trinajstić information content (AvgIpc) is 2.48. The number of hydrogen-bond donors (Lipinski definition) is 0. The number of halogens is 1. The molecule has 0 heterocycles. The van der Waals surface area contributed by atoms with Crippen LogP contribution in [-0.2, 0) is 0 Å². The van der Waals surface area contributed by atoms with Gasteiger partial charge in [0.2, 0.25) is 0 Å². The number of rotatable bonds is 5. The van der Waals surface area contributed by atoms with Crippen LogP contribution < -0.4 is 4.74 Å². The zero-order chi connectivity index (χ0) is 15.4. The number of carbonyl (C=O) groups is 1. The highest BCUT2D eigenvalue weighted by Crippen LogP contribution is 2.33. The van der Waals surface area contributed by atoms with Crippen LogP contribution in [-0.4, -0.2) is 10.7 Å². The molecule has 0 radical (unpaired) electrons. The summed E-state index contributed by atoms with van der Waals surface area (Å²) in [4.78, 5) is 21.9. The van der Waals surface area contributed by atoms with Crippen LogP contribution in [0.2, 0.25) is 5.02 Å². The number of ketones is 1. The van der Waals surface area contributed by atoms with Gasteiger partial charge in [0.15, 0.2) is 11.5 Å². The summed E-state index contributed by atoms with van der Waals surface area (Å²) in [5.74, 6) is 0.564. The number of nitro groups is 1. The molecule has 0 bridgehead atoms. The molecule has 0 spiro atoms. The van der Waals surface area contributed by atoms with E-state index in [1.807, 2.05) is 0 Å². The first kappa shape index (κ1) is 15.0. The molecule has 6 heteroatoms. The number of Topliss-reactive ketones (excluding diaryl/α,β-unsaturated/α-hetero) is 1. The van der Waals surface area contributed by atoms with Gasteiger partial charge < -0.3 is 4.74 Å². The lowest BCUT2D eigenvalue weighted by Gasteiger charge is -2.08. The normalized spacial score (nSPS) is 10.2. The van der Waals surface area contributed by atoms with Crippen molar-refractivity contribution in [2.45, 2.75) is 13.3 Å². The van der Waals surface area contributed by atoms with Crippen LogP contribution in [0.3, 0.4) is 0 Å². The number of ether oxygens (including phenoxy) is 1. The minimum Gasteiger partial charge on any atom is -0.456 e. The van der Waals surface area contributed by atoms with Gasteiger partial charge in [0.25, 0.3) is 5.69 Å². The lowest BCUT2D eigenvalue weighted by Crippen LogP contribution is -1.97. The lowest BCUT2D eigenvalue weighted by atomic mass is 10.1. The molecule has 5 nitrogen and oxygen atoms in total. The van der Waals surface area contributed by atoms with Crippen molar-refractivity contribution in [3.63, 3.8) is 0 Å². The van der Waals surface area contributed by atoms with Crippen LogP contribution in [0, 0.1) is 10.1 Å². The minimum absolute atomic E-state index is 0.00871. The molecular weight excluding hydrogens is 294 g/mol. The van der Waals surface area contributed by atoms with E-state index in [0.717, 1.165) is 0 Å². The Balaban J connectivity index is 2.32. The number of non-ortho nitro benzene ring substituents is 1. The summed E-state index contributed by atoms with van der Waals surface area (Å²) in [6, 6.07) is 10.6. The zero-order valence-corrected chi connectivity index (χ0v) is 12.0. The monoisotopic (exact) mass is 305 g/mol. The fourth-order valence-corrected chi connectivity index (χ4v) is 1.90. The van der Waals surface area contributed by atoms with E-state index in [0.29, 0.717) is 17.7 Å². The number of nitro benzene ring substituents is 1. The number of carbonyl (C=O) groups excluding carboxylic acids is 1. The number of benzene rings is 2. The molecule has 0 unspecified atom stereocenters. The van der Waals surface area contributed by atoms with E-state index in [1.165, 1.54) is 18.2 Å². The molecule has 0 aliphatic rings. The van der Waals surface area contributed by atoms with Crippen molar-refractivity contribution in [2.24, 2.45) is 0 Å². The molecule has 0 saturated heterocycles. The Labute approximate surface area is 126 Å². The molecule has 0 aromatic heterocycles. The van der Waals surface area contributed by atoms with Crippen LogP contribution >= 0.6 is 11.6 Å². The van der Waals surface area contributed by atoms with Gasteiger partial charge in [-0.3, -0.25) is 14.9 Å². The summed E-state index contributed by atoms with van der Waals surface area (Å²) >= 11 is 5.97. The van der Waals surface area contributed by atoms with Gasteiger partial charge in [0.05, 0.1) is 16.0 Å². The van der Waals surface area contributed by atoms with Gasteiger partial charge in [-0.2, -0.15) is 0 Å². The number of hydrogen-bond acceptors (Lipinski definition) is 4. The average molecular weight is 306 g/mol. The van der Waals surface area contributed by atoms with Crippen molar-refractivity contribution in [3.05, 3.63) is 63.2 Å². The van der Waals surface area contributed by atoms with Crippen molar-refractivity contribution in [3.8, 4) is 11.5 Å². The first-order chi connectivity index (χ1) is 10.0. The summed E-state index contributed by atoms with van der Waals surface area (Å²) in [6.45, 7) is 1.77. The van der Waals surface area contributed by atoms with Crippen molar-refractivity contribution in [1.29, 1.82) is 0 Å². The van der Waals surface area contributed by atoms with E-state index in [2.05, 4.69) is 0 Å². The SMILES string of the molecule is CCC(=O)c1cccc(Oc2cc([N+](=O)[O-])ccc2Cl)c1. The predicted octanol–water partition coefficient (Wildman–Crippen LogP) is 4.63. The van der Waals surface area contributed by atoms with Gasteiger partial charge in [-0.05, 0) is 18.2 Å². The highest BCUT2D eigenvalue weighted by Gasteiger charge is 2.12. The third-order valence-electron chi connectivity index (χ3n) is 2.83. The smallest absolute Gasteiger partial charge is 0.273 e. The maximum absolute atomic E-state index is 11.7. The Morgan fingerprint density at radius 3 is 2.71 bits per heavy atom. The van der Waals surface area contributed by atoms with E-state index < -0.39 is 4.92 Å². The molecule has 2 aromatic rings. The molecule has 108 valence electrons. The summed E-state index contributed by atoms with van der Waals surface area (Å²) in [6.07, 6.45) is 0.390. The molecule has 0 atom stereocenters. The zero-order valence-electron chi connectivity index (χ0n) is 11.2. The van der Waals surface area contributed by atoms with E-state index in [1.54, 1.807) is 31.2 Å². The van der Waals surface area contributed by atoms with Gasteiger partial charge >= 0.3 is 0 Å². The van der Waals surface area contributed by atoms with E-state index in [4.69, 9.17) is 16.3 Å². The Hall–Kier alpha value is -2.40. The van der Waals surface area contributed by atoms with Gasteiger partial charge in [0, 0.05) is 18.1 Å². The second-order valence-corrected chi connectivity index (χ2v) is 4.69. The molecule has 2 aromatic carbocycles. The standard InChI is InChI=1S/C15H12ClNO4/c1-2-14(18)10-4-3-5-12(8-10)21-15-9-11(17(19)20)6-7-13(15)16/h3-9H,2H2,1H3. The van der Waals surface area contributed by atoms with Gasteiger partial charge in [0.1, 0.15) is 5.75 Å². The molecule has 21 heavy (non-hydrogen) atoms. The van der Waals surface area contributed by atoms with Crippen molar-refractivity contribution >= 4 is 23.1 Å². The van der Waals surface area contributed by atoms with Crippen molar-refractivity contribution in [1.82, 2.24) is 0 Å². The molecule has 0 saturated carbocycles. The third-order valence-corrected chi connectivity index (χ3v) is 3.14. The Morgan fingerprint density at radius 1 is 1.29 bits per heavy atom. The summed E-state index contributed by atoms with van der Waals surface area (Å²) in [7, 11) is 0. The molecular formula is C15H12ClNO4. The number of nitrogens with zero attached hydrogens (tertiary/aromatic N) is 1.